The van der Waals surface area contributed by atoms with Crippen molar-refractivity contribution in [1.82, 2.24) is 19.6 Å². The molecule has 0 aliphatic rings. The van der Waals surface area contributed by atoms with Crippen molar-refractivity contribution in [2.75, 3.05) is 5.32 Å². The van der Waals surface area contributed by atoms with Crippen molar-refractivity contribution in [3.63, 3.8) is 0 Å². The largest absolute Gasteiger partial charge is 0.458 e. The number of anilines is 1. The van der Waals surface area contributed by atoms with E-state index in [1.807, 2.05) is 6.92 Å². The Morgan fingerprint density at radius 2 is 2.11 bits per heavy atom. The van der Waals surface area contributed by atoms with Crippen molar-refractivity contribution in [3.8, 4) is 0 Å². The molecule has 11 nitrogen and oxygen atoms in total. The molecule has 146 valence electrons. The first-order valence-electron chi connectivity index (χ1n) is 8.48. The van der Waals surface area contributed by atoms with E-state index in [1.54, 1.807) is 27.0 Å². The zero-order chi connectivity index (χ0) is 20.1. The lowest BCUT2D eigenvalue weighted by atomic mass is 10.3. The van der Waals surface area contributed by atoms with Crippen LogP contribution in [0, 0.1) is 17.0 Å². The molecule has 0 atom stereocenters. The maximum absolute atomic E-state index is 12.3. The summed E-state index contributed by atoms with van der Waals surface area (Å²) < 4.78 is 8.05. The summed E-state index contributed by atoms with van der Waals surface area (Å²) in [5.41, 5.74) is 0.562. The number of rotatable bonds is 8. The standard InChI is InChI=1S/C16H22N6O5/c1-5-20-9-12(15(19-20)16(24)27-10(2)3)18-14(23)6-7-21-11(4)13(8-17-21)22(25)26/h8-10H,5-7H2,1-4H3,(H,18,23). The lowest BCUT2D eigenvalue weighted by molar-refractivity contribution is -0.385. The molecule has 0 aliphatic heterocycles. The Morgan fingerprint density at radius 1 is 1.41 bits per heavy atom. The number of nitro groups is 1. The first-order chi connectivity index (χ1) is 12.7. The highest BCUT2D eigenvalue weighted by Crippen LogP contribution is 2.18. The summed E-state index contributed by atoms with van der Waals surface area (Å²) >= 11 is 0. The SMILES string of the molecule is CCn1cc(NC(=O)CCn2ncc([N+](=O)[O-])c2C)c(C(=O)OC(C)C)n1. The van der Waals surface area contributed by atoms with E-state index in [2.05, 4.69) is 15.5 Å². The highest BCUT2D eigenvalue weighted by atomic mass is 16.6. The second-order valence-electron chi connectivity index (χ2n) is 6.09. The fourth-order valence-electron chi connectivity index (χ4n) is 2.36. The van der Waals surface area contributed by atoms with Gasteiger partial charge in [-0.3, -0.25) is 24.3 Å². The Kier molecular flexibility index (Phi) is 6.27. The van der Waals surface area contributed by atoms with Gasteiger partial charge in [0.15, 0.2) is 5.69 Å². The number of esters is 1. The van der Waals surface area contributed by atoms with Gasteiger partial charge in [0.1, 0.15) is 11.9 Å². The van der Waals surface area contributed by atoms with Crippen LogP contribution in [0.5, 0.6) is 0 Å². The number of aryl methyl sites for hydroxylation is 2. The van der Waals surface area contributed by atoms with Crippen LogP contribution >= 0.6 is 0 Å². The zero-order valence-electron chi connectivity index (χ0n) is 15.6. The molecule has 0 saturated heterocycles. The van der Waals surface area contributed by atoms with Gasteiger partial charge in [0.25, 0.3) is 0 Å². The fraction of sp³-hybridized carbons (Fsp3) is 0.500. The van der Waals surface area contributed by atoms with Crippen LogP contribution in [0.4, 0.5) is 11.4 Å². The van der Waals surface area contributed by atoms with Crippen LogP contribution in [0.25, 0.3) is 0 Å². The molecule has 0 saturated carbocycles. The molecular weight excluding hydrogens is 356 g/mol. The minimum Gasteiger partial charge on any atom is -0.458 e. The lowest BCUT2D eigenvalue weighted by Gasteiger charge is -2.08. The van der Waals surface area contributed by atoms with Crippen LogP contribution < -0.4 is 5.32 Å². The van der Waals surface area contributed by atoms with Crippen LogP contribution in [0.1, 0.15) is 43.4 Å². The molecule has 2 heterocycles. The molecule has 2 aromatic heterocycles. The van der Waals surface area contributed by atoms with E-state index in [9.17, 15) is 19.7 Å². The van der Waals surface area contributed by atoms with Crippen LogP contribution in [0.15, 0.2) is 12.4 Å². The summed E-state index contributed by atoms with van der Waals surface area (Å²) in [5.74, 6) is -0.993. The highest BCUT2D eigenvalue weighted by molar-refractivity contribution is 5.99. The summed E-state index contributed by atoms with van der Waals surface area (Å²) in [6.45, 7) is 7.54. The van der Waals surface area contributed by atoms with Gasteiger partial charge in [0.05, 0.1) is 23.3 Å². The Labute approximate surface area is 155 Å². The third-order valence-electron chi connectivity index (χ3n) is 3.72. The molecular formula is C16H22N6O5. The van der Waals surface area contributed by atoms with Gasteiger partial charge in [0.2, 0.25) is 5.91 Å². The smallest absolute Gasteiger partial charge is 0.361 e. The molecule has 0 fully saturated rings. The molecule has 2 aromatic rings. The number of amides is 1. The Balaban J connectivity index is 2.06. The predicted molar refractivity (Wildman–Crippen MR) is 95.3 cm³/mol. The van der Waals surface area contributed by atoms with E-state index < -0.39 is 10.9 Å². The summed E-state index contributed by atoms with van der Waals surface area (Å²) in [6, 6.07) is 0. The molecule has 27 heavy (non-hydrogen) atoms. The Bertz CT molecular complexity index is 854. The zero-order valence-corrected chi connectivity index (χ0v) is 15.6. The molecule has 1 amide bonds. The van der Waals surface area contributed by atoms with Gasteiger partial charge < -0.3 is 10.1 Å². The van der Waals surface area contributed by atoms with E-state index in [-0.39, 0.29) is 42.0 Å². The van der Waals surface area contributed by atoms with E-state index >= 15 is 0 Å². The average molecular weight is 378 g/mol. The molecule has 0 aliphatic carbocycles. The maximum Gasteiger partial charge on any atom is 0.361 e. The van der Waals surface area contributed by atoms with E-state index in [1.165, 1.54) is 9.36 Å². The van der Waals surface area contributed by atoms with E-state index in [4.69, 9.17) is 4.74 Å². The molecule has 1 N–H and O–H groups in total. The van der Waals surface area contributed by atoms with Crippen molar-refractivity contribution in [1.29, 1.82) is 0 Å². The van der Waals surface area contributed by atoms with Crippen LogP contribution in [0.3, 0.4) is 0 Å². The molecule has 0 aromatic carbocycles. The second-order valence-corrected chi connectivity index (χ2v) is 6.09. The Hall–Kier alpha value is -3.24. The molecule has 0 spiro atoms. The van der Waals surface area contributed by atoms with Gasteiger partial charge in [-0.25, -0.2) is 4.79 Å². The Morgan fingerprint density at radius 3 is 2.67 bits per heavy atom. The maximum atomic E-state index is 12.3. The number of hydrogen-bond donors (Lipinski definition) is 1. The third kappa shape index (κ3) is 4.90. The summed E-state index contributed by atoms with van der Waals surface area (Å²) in [4.78, 5) is 34.7. The van der Waals surface area contributed by atoms with Crippen LogP contribution in [-0.4, -0.2) is 42.5 Å². The number of nitrogens with one attached hydrogen (secondary N) is 1. The quantitative estimate of drug-likeness (QED) is 0.421. The highest BCUT2D eigenvalue weighted by Gasteiger charge is 2.21. The van der Waals surface area contributed by atoms with Crippen molar-refractivity contribution < 1.29 is 19.2 Å². The van der Waals surface area contributed by atoms with Crippen LogP contribution in [-0.2, 0) is 22.6 Å². The summed E-state index contributed by atoms with van der Waals surface area (Å²) in [6.07, 6.45) is 2.42. The van der Waals surface area contributed by atoms with Gasteiger partial charge in [-0.15, -0.1) is 0 Å². The van der Waals surface area contributed by atoms with Gasteiger partial charge >= 0.3 is 11.7 Å². The van der Waals surface area contributed by atoms with Gasteiger partial charge in [-0.05, 0) is 27.7 Å². The lowest BCUT2D eigenvalue weighted by Crippen LogP contribution is -2.18. The number of ether oxygens (including phenoxy) is 1. The number of hydrogen-bond acceptors (Lipinski definition) is 7. The number of carbonyl (C=O) groups excluding carboxylic acids is 2. The molecule has 0 unspecified atom stereocenters. The summed E-state index contributed by atoms with van der Waals surface area (Å²) in [7, 11) is 0. The van der Waals surface area contributed by atoms with Gasteiger partial charge in [-0.2, -0.15) is 10.2 Å². The molecule has 11 heteroatoms. The van der Waals surface area contributed by atoms with Crippen molar-refractivity contribution in [2.45, 2.75) is 53.3 Å². The average Bonchev–Trinajstić information content (AvgIpc) is 3.15. The number of aromatic nitrogens is 4. The van der Waals surface area contributed by atoms with Gasteiger partial charge in [0, 0.05) is 19.2 Å². The molecule has 0 radical (unpaired) electrons. The predicted octanol–water partition coefficient (Wildman–Crippen LogP) is 1.91. The van der Waals surface area contributed by atoms with Crippen molar-refractivity contribution in [3.05, 3.63) is 33.9 Å². The van der Waals surface area contributed by atoms with Crippen molar-refractivity contribution in [2.24, 2.45) is 0 Å². The normalized spacial score (nSPS) is 10.9. The number of carbonyl (C=O) groups is 2. The van der Waals surface area contributed by atoms with E-state index in [0.717, 1.165) is 6.20 Å². The van der Waals surface area contributed by atoms with Crippen LogP contribution in [0.2, 0.25) is 0 Å². The topological polar surface area (TPSA) is 134 Å². The number of nitrogens with zero attached hydrogens (tertiary/aromatic N) is 5. The fourth-order valence-corrected chi connectivity index (χ4v) is 2.36. The molecule has 0 bridgehead atoms. The minimum atomic E-state index is -0.619. The minimum absolute atomic E-state index is 0.0235. The second kappa shape index (κ2) is 8.43. The van der Waals surface area contributed by atoms with Gasteiger partial charge in [-0.1, -0.05) is 0 Å². The van der Waals surface area contributed by atoms with E-state index in [0.29, 0.717) is 12.2 Å². The monoisotopic (exact) mass is 378 g/mol. The summed E-state index contributed by atoms with van der Waals surface area (Å²) in [5, 5.41) is 21.5. The third-order valence-corrected chi connectivity index (χ3v) is 3.72. The van der Waals surface area contributed by atoms with Crippen molar-refractivity contribution >= 4 is 23.3 Å². The molecule has 2 rings (SSSR count). The first kappa shape index (κ1) is 20.1. The first-order valence-corrected chi connectivity index (χ1v) is 8.48.